The third kappa shape index (κ3) is 2.51. The van der Waals surface area contributed by atoms with Gasteiger partial charge >= 0.3 is 0 Å². The topological polar surface area (TPSA) is 33.1 Å². The summed E-state index contributed by atoms with van der Waals surface area (Å²) in [6.45, 7) is 3.48. The van der Waals surface area contributed by atoms with Gasteiger partial charge in [-0.05, 0) is 12.1 Å². The average Bonchev–Trinajstić information content (AvgIpc) is 2.06. The summed E-state index contributed by atoms with van der Waals surface area (Å²) in [5, 5.41) is 9.15. The maximum atomic E-state index is 9.15. The second kappa shape index (κ2) is 3.88. The Balaban J connectivity index is 2.57. The Morgan fingerprint density at radius 2 is 2.45 bits per heavy atom. The Labute approximate surface area is 66.2 Å². The van der Waals surface area contributed by atoms with Gasteiger partial charge in [0.15, 0.2) is 0 Å². The second-order valence-corrected chi connectivity index (χ2v) is 2.33. The number of aromatic nitrogens is 1. The van der Waals surface area contributed by atoms with E-state index in [1.165, 1.54) is 6.08 Å². The molecule has 1 unspecified atom stereocenters. The molecule has 2 nitrogen and oxygen atoms in total. The van der Waals surface area contributed by atoms with Crippen LogP contribution in [0.3, 0.4) is 0 Å². The Kier molecular flexibility index (Phi) is 2.81. The summed E-state index contributed by atoms with van der Waals surface area (Å²) in [4.78, 5) is 4.06. The van der Waals surface area contributed by atoms with Crippen LogP contribution in [0, 0.1) is 0 Å². The summed E-state index contributed by atoms with van der Waals surface area (Å²) in [5.74, 6) is 0. The Bertz CT molecular complexity index is 220. The summed E-state index contributed by atoms with van der Waals surface area (Å²) < 4.78 is 0. The molecule has 1 N–H and O–H groups in total. The average molecular weight is 149 g/mol. The molecule has 0 aliphatic heterocycles. The van der Waals surface area contributed by atoms with Crippen LogP contribution in [0.25, 0.3) is 0 Å². The first-order valence-corrected chi connectivity index (χ1v) is 3.53. The summed E-state index contributed by atoms with van der Waals surface area (Å²) in [5.41, 5.74) is 0.889. The van der Waals surface area contributed by atoms with Crippen molar-refractivity contribution in [3.8, 4) is 0 Å². The van der Waals surface area contributed by atoms with E-state index < -0.39 is 6.10 Å². The first kappa shape index (κ1) is 7.95. The van der Waals surface area contributed by atoms with Crippen LogP contribution in [0.2, 0.25) is 0 Å². The van der Waals surface area contributed by atoms with Gasteiger partial charge in [-0.1, -0.05) is 12.1 Å². The molecule has 0 aliphatic rings. The number of nitrogens with zero attached hydrogens (tertiary/aromatic N) is 1. The third-order valence-electron chi connectivity index (χ3n) is 1.42. The highest BCUT2D eigenvalue weighted by molar-refractivity contribution is 5.06. The van der Waals surface area contributed by atoms with Gasteiger partial charge in [0.05, 0.1) is 6.10 Å². The van der Waals surface area contributed by atoms with E-state index in [1.807, 2.05) is 18.2 Å². The molecule has 58 valence electrons. The van der Waals surface area contributed by atoms with Gasteiger partial charge in [0.2, 0.25) is 0 Å². The van der Waals surface area contributed by atoms with Crippen molar-refractivity contribution in [3.05, 3.63) is 42.7 Å². The highest BCUT2D eigenvalue weighted by Gasteiger charge is 1.99. The SMILES string of the molecule is C=CC(O)Cc1ccccn1. The molecule has 0 saturated heterocycles. The van der Waals surface area contributed by atoms with Crippen molar-refractivity contribution in [1.29, 1.82) is 0 Å². The lowest BCUT2D eigenvalue weighted by Crippen LogP contribution is -2.06. The minimum Gasteiger partial charge on any atom is -0.389 e. The Hall–Kier alpha value is -1.15. The molecule has 1 aromatic rings. The summed E-state index contributed by atoms with van der Waals surface area (Å²) in [6.07, 6.45) is 3.29. The largest absolute Gasteiger partial charge is 0.389 e. The maximum absolute atomic E-state index is 9.15. The number of hydrogen-bond donors (Lipinski definition) is 1. The predicted molar refractivity (Wildman–Crippen MR) is 44.1 cm³/mol. The maximum Gasteiger partial charge on any atom is 0.0773 e. The second-order valence-electron chi connectivity index (χ2n) is 2.33. The lowest BCUT2D eigenvalue weighted by Gasteiger charge is -2.02. The van der Waals surface area contributed by atoms with Crippen molar-refractivity contribution in [3.63, 3.8) is 0 Å². The molecule has 2 heteroatoms. The van der Waals surface area contributed by atoms with E-state index in [4.69, 9.17) is 5.11 Å². The predicted octanol–water partition coefficient (Wildman–Crippen LogP) is 1.17. The van der Waals surface area contributed by atoms with E-state index in [1.54, 1.807) is 6.20 Å². The summed E-state index contributed by atoms with van der Waals surface area (Å²) >= 11 is 0. The highest BCUT2D eigenvalue weighted by Crippen LogP contribution is 1.98. The number of pyridine rings is 1. The molecule has 1 atom stereocenters. The molecule has 0 radical (unpaired) electrons. The number of aliphatic hydroxyl groups is 1. The van der Waals surface area contributed by atoms with Crippen molar-refractivity contribution in [2.24, 2.45) is 0 Å². The molecule has 0 bridgehead atoms. The fraction of sp³-hybridized carbons (Fsp3) is 0.222. The normalized spacial score (nSPS) is 12.5. The van der Waals surface area contributed by atoms with Crippen LogP contribution in [0.4, 0.5) is 0 Å². The molecule has 0 amide bonds. The van der Waals surface area contributed by atoms with Gasteiger partial charge in [0.25, 0.3) is 0 Å². The zero-order valence-corrected chi connectivity index (χ0v) is 6.27. The monoisotopic (exact) mass is 149 g/mol. The minimum absolute atomic E-state index is 0.482. The standard InChI is InChI=1S/C9H11NO/c1-2-9(11)7-8-5-3-4-6-10-8/h2-6,9,11H,1,7H2. The molecular formula is C9H11NO. The quantitative estimate of drug-likeness (QED) is 0.654. The first-order chi connectivity index (χ1) is 5.33. The van der Waals surface area contributed by atoms with Crippen LogP contribution in [0.5, 0.6) is 0 Å². The number of aliphatic hydroxyl groups excluding tert-OH is 1. The highest BCUT2D eigenvalue weighted by atomic mass is 16.3. The van der Waals surface area contributed by atoms with Crippen LogP contribution in [0.15, 0.2) is 37.1 Å². The molecule has 0 aliphatic carbocycles. The molecule has 0 aromatic carbocycles. The Morgan fingerprint density at radius 1 is 1.64 bits per heavy atom. The summed E-state index contributed by atoms with van der Waals surface area (Å²) in [7, 11) is 0. The molecule has 0 fully saturated rings. The summed E-state index contributed by atoms with van der Waals surface area (Å²) in [6, 6.07) is 5.63. The van der Waals surface area contributed by atoms with Crippen LogP contribution in [0.1, 0.15) is 5.69 Å². The van der Waals surface area contributed by atoms with E-state index in [0.29, 0.717) is 6.42 Å². The van der Waals surface area contributed by atoms with E-state index in [9.17, 15) is 0 Å². The Morgan fingerprint density at radius 3 is 3.00 bits per heavy atom. The molecular weight excluding hydrogens is 138 g/mol. The van der Waals surface area contributed by atoms with Crippen LogP contribution in [-0.4, -0.2) is 16.2 Å². The van der Waals surface area contributed by atoms with Crippen molar-refractivity contribution in [2.45, 2.75) is 12.5 Å². The zero-order chi connectivity index (χ0) is 8.10. The number of hydrogen-bond acceptors (Lipinski definition) is 2. The molecule has 1 aromatic heterocycles. The van der Waals surface area contributed by atoms with E-state index >= 15 is 0 Å². The van der Waals surface area contributed by atoms with Gasteiger partial charge in [0, 0.05) is 18.3 Å². The van der Waals surface area contributed by atoms with Crippen molar-refractivity contribution >= 4 is 0 Å². The zero-order valence-electron chi connectivity index (χ0n) is 6.27. The molecule has 1 rings (SSSR count). The van der Waals surface area contributed by atoms with Gasteiger partial charge in [-0.2, -0.15) is 0 Å². The van der Waals surface area contributed by atoms with Gasteiger partial charge in [-0.25, -0.2) is 0 Å². The van der Waals surface area contributed by atoms with Crippen LogP contribution < -0.4 is 0 Å². The molecule has 11 heavy (non-hydrogen) atoms. The van der Waals surface area contributed by atoms with E-state index in [-0.39, 0.29) is 0 Å². The fourth-order valence-electron chi connectivity index (χ4n) is 0.816. The number of rotatable bonds is 3. The van der Waals surface area contributed by atoms with Gasteiger partial charge in [-0.3, -0.25) is 4.98 Å². The smallest absolute Gasteiger partial charge is 0.0773 e. The lowest BCUT2D eigenvalue weighted by atomic mass is 10.2. The molecule has 0 saturated carbocycles. The van der Waals surface area contributed by atoms with Crippen LogP contribution >= 0.6 is 0 Å². The van der Waals surface area contributed by atoms with Gasteiger partial charge in [0.1, 0.15) is 0 Å². The van der Waals surface area contributed by atoms with Crippen molar-refractivity contribution in [1.82, 2.24) is 4.98 Å². The van der Waals surface area contributed by atoms with Crippen molar-refractivity contribution in [2.75, 3.05) is 0 Å². The molecule has 0 spiro atoms. The third-order valence-corrected chi connectivity index (χ3v) is 1.42. The first-order valence-electron chi connectivity index (χ1n) is 3.53. The van der Waals surface area contributed by atoms with Gasteiger partial charge < -0.3 is 5.11 Å². The van der Waals surface area contributed by atoms with Crippen LogP contribution in [-0.2, 0) is 6.42 Å². The van der Waals surface area contributed by atoms with E-state index in [2.05, 4.69) is 11.6 Å². The fourth-order valence-corrected chi connectivity index (χ4v) is 0.816. The lowest BCUT2D eigenvalue weighted by molar-refractivity contribution is 0.223. The van der Waals surface area contributed by atoms with Crippen molar-refractivity contribution < 1.29 is 5.11 Å². The van der Waals surface area contributed by atoms with E-state index in [0.717, 1.165) is 5.69 Å². The van der Waals surface area contributed by atoms with Gasteiger partial charge in [-0.15, -0.1) is 6.58 Å². The minimum atomic E-state index is -0.482. The molecule has 1 heterocycles.